The standard InChI is InChI=1S/C90H125N23O19S/c1-49(2)37-58(102-82(124)62(107-84(126)64(26-29-71(91)114)108-83(125)63-28-31-75(118)103-63)22-15-16-35-97-74(117)32-33-78(121)113-47-55-19-10-9-17-53(55)24-25-54-18-11-14-23-70(54)113)44-95-45-76(119)105-69(41-73(93)116)89(131)109-65(27-30-72(92)115)85(127)111-67(39-56-42-98-60-21-13-12-20-59(56)60)86(128)101-52(7)81(123)112-79(51(5)6)90(132)99-46-77(120)104-68(40-57-43-96-48-100-57)88(130)110-66(38-50(3)4)87(129)106-61(80(94)122)34-36-133-8/h9-14,17-21,23,42-43,48-52,58,61-69,79,95,98H,15-16,22,26-41,44-47H2,1-8H3,(H2,91,114)(H2,92,115)(H2,93,116)(H2,94,122)(H,96,100)(H,97,117)(H,99,132)(H,101,128)(H,102,124)(H,103,118)(H,104,120)(H,105,119)(H,106,129)(H,107,126)(H,108,125)(H,109,131)(H,110,130)(H,111,127)(H,112,123)/t52-,58-,61-,62-,63?,64-,65-,66-,67-,68-,69-,79-/m0/s1. The van der Waals surface area contributed by atoms with Gasteiger partial charge in [0, 0.05) is 98.5 Å². The Labute approximate surface area is 774 Å². The third kappa shape index (κ3) is 35.8. The van der Waals surface area contributed by atoms with Gasteiger partial charge in [-0.2, -0.15) is 11.8 Å². The van der Waals surface area contributed by atoms with Gasteiger partial charge in [0.05, 0.1) is 43.8 Å². The first kappa shape index (κ1) is 106. The average molecular weight is 1870 g/mol. The van der Waals surface area contributed by atoms with Crippen molar-refractivity contribution >= 4 is 141 Å². The minimum Gasteiger partial charge on any atom is -0.370 e. The Kier molecular flexibility index (Phi) is 42.7. The molecule has 0 bridgehead atoms. The molecule has 5 aromatic rings. The second-order valence-electron chi connectivity index (χ2n) is 34.0. The van der Waals surface area contributed by atoms with Crippen LogP contribution in [0.15, 0.2) is 91.5 Å². The van der Waals surface area contributed by atoms with Gasteiger partial charge in [-0.3, -0.25) is 91.1 Å². The highest BCUT2D eigenvalue weighted by molar-refractivity contribution is 7.98. The molecule has 12 atom stereocenters. The Bertz CT molecular complexity index is 5030. The fraction of sp³-hybridized carbons (Fsp3) is 0.511. The summed E-state index contributed by atoms with van der Waals surface area (Å²) in [6.07, 6.45) is 4.12. The fourth-order valence-corrected chi connectivity index (χ4v) is 15.2. The molecular weight excluding hydrogens is 1740 g/mol. The van der Waals surface area contributed by atoms with Crippen molar-refractivity contribution in [3.05, 3.63) is 119 Å². The lowest BCUT2D eigenvalue weighted by molar-refractivity contribution is -0.136. The number of hydrogen-bond donors (Lipinski definition) is 21. The molecule has 7 rings (SSSR count). The number of fused-ring (bicyclic) bond motifs is 3. The molecule has 0 aliphatic carbocycles. The van der Waals surface area contributed by atoms with Gasteiger partial charge in [0.2, 0.25) is 112 Å². The molecular formula is C90H125N23O19S. The third-order valence-electron chi connectivity index (χ3n) is 21.8. The summed E-state index contributed by atoms with van der Waals surface area (Å²) >= 11 is 1.44. The first-order valence-corrected chi connectivity index (χ1v) is 45.7. The topological polar surface area (TPSA) is 657 Å². The first-order chi connectivity index (χ1) is 63.2. The second kappa shape index (κ2) is 53.5. The van der Waals surface area contributed by atoms with Crippen LogP contribution in [0.25, 0.3) is 10.9 Å². The predicted octanol–water partition coefficient (Wildman–Crippen LogP) is -2.58. The summed E-state index contributed by atoms with van der Waals surface area (Å²) in [7, 11) is 0. The number of benzene rings is 3. The van der Waals surface area contributed by atoms with Crippen LogP contribution in [-0.2, 0) is 110 Å². The van der Waals surface area contributed by atoms with Crippen molar-refractivity contribution in [3.63, 3.8) is 0 Å². The Morgan fingerprint density at radius 3 is 1.73 bits per heavy atom. The number of imidazole rings is 1. The van der Waals surface area contributed by atoms with Gasteiger partial charge in [0.1, 0.15) is 66.5 Å². The van der Waals surface area contributed by atoms with Crippen LogP contribution < -0.4 is 108 Å². The minimum atomic E-state index is -1.80. The Morgan fingerprint density at radius 2 is 1.09 bits per heavy atom. The van der Waals surface area contributed by atoms with E-state index in [1.165, 1.54) is 31.2 Å². The smallest absolute Gasteiger partial charge is 0.243 e. The molecule has 133 heavy (non-hydrogen) atoms. The van der Waals surface area contributed by atoms with Crippen molar-refractivity contribution in [2.45, 2.75) is 237 Å². The second-order valence-corrected chi connectivity index (χ2v) is 35.0. The zero-order chi connectivity index (χ0) is 97.5. The van der Waals surface area contributed by atoms with Crippen LogP contribution in [0.3, 0.4) is 0 Å². The third-order valence-corrected chi connectivity index (χ3v) is 22.4. The molecule has 4 heterocycles. The van der Waals surface area contributed by atoms with E-state index in [1.54, 1.807) is 61.3 Å². The summed E-state index contributed by atoms with van der Waals surface area (Å²) < 4.78 is 0. The number of carbonyl (C=O) groups excluding carboxylic acids is 19. The van der Waals surface area contributed by atoms with Crippen LogP contribution in [0.2, 0.25) is 0 Å². The van der Waals surface area contributed by atoms with E-state index in [2.05, 4.69) is 107 Å². The molecule has 1 saturated heterocycles. The van der Waals surface area contributed by atoms with Gasteiger partial charge < -0.3 is 118 Å². The van der Waals surface area contributed by atoms with Crippen LogP contribution in [0.1, 0.15) is 173 Å². The number of nitrogens with two attached hydrogens (primary N) is 4. The lowest BCUT2D eigenvalue weighted by Gasteiger charge is -2.27. The first-order valence-electron chi connectivity index (χ1n) is 44.3. The lowest BCUT2D eigenvalue weighted by atomic mass is 10.0. The molecule has 19 amide bonds. The normalized spacial score (nSPS) is 15.1. The number of nitrogens with zero attached hydrogens (tertiary/aromatic N) is 2. The molecule has 2 aromatic heterocycles. The van der Waals surface area contributed by atoms with E-state index in [0.717, 1.165) is 11.1 Å². The van der Waals surface area contributed by atoms with Crippen molar-refractivity contribution in [1.82, 2.24) is 94.7 Å². The SMILES string of the molecule is CSCC[C@H](NC(=O)[C@H](CC(C)C)NC(=O)[C@H](Cc1c[nH]cn1)NC(=O)CNC(=O)[C@@H](NC(=O)[C@H](C)NC(=O)[C@H](Cc1c[nH]c2ccccc12)NC(=O)[C@H](CCC(N)=O)NC(=O)[C@H](CC(N)=O)NC(=O)CNC[C@H](CC(C)C)NC(=O)[C@H](CCCCNC(=O)CCC(=O)N1Cc2ccccc2C#Cc2ccccc21)NC(=O)[C@H](CCC(N)=O)NC(=O)C1CCC(=O)N1)C(C)C)C(N)=O. The molecule has 0 radical (unpaired) electrons. The number of amides is 19. The van der Waals surface area contributed by atoms with E-state index >= 15 is 0 Å². The minimum absolute atomic E-state index is 0.0486. The predicted molar refractivity (Wildman–Crippen MR) is 491 cm³/mol. The van der Waals surface area contributed by atoms with E-state index in [-0.39, 0.29) is 133 Å². The average Bonchev–Trinajstić information content (AvgIpc) is 1.67. The molecule has 1 unspecified atom stereocenters. The number of primary amides is 4. The molecule has 0 spiro atoms. The van der Waals surface area contributed by atoms with Crippen LogP contribution in [0, 0.1) is 29.6 Å². The number of unbranched alkanes of at least 4 members (excludes halogenated alkanes) is 1. The van der Waals surface area contributed by atoms with Crippen molar-refractivity contribution in [1.29, 1.82) is 0 Å². The largest absolute Gasteiger partial charge is 0.370 e. The van der Waals surface area contributed by atoms with E-state index in [0.29, 0.717) is 39.2 Å². The van der Waals surface area contributed by atoms with E-state index in [9.17, 15) is 91.1 Å². The number of aromatic nitrogens is 3. The molecule has 43 heteroatoms. The van der Waals surface area contributed by atoms with Crippen molar-refractivity contribution in [2.75, 3.05) is 43.1 Å². The molecule has 3 aromatic carbocycles. The van der Waals surface area contributed by atoms with Gasteiger partial charge in [-0.1, -0.05) is 102 Å². The Balaban J connectivity index is 0.991. The van der Waals surface area contributed by atoms with Crippen molar-refractivity contribution in [2.24, 2.45) is 40.7 Å². The maximum atomic E-state index is 14.7. The van der Waals surface area contributed by atoms with Crippen molar-refractivity contribution < 1.29 is 91.1 Å². The summed E-state index contributed by atoms with van der Waals surface area (Å²) in [5.41, 5.74) is 26.6. The highest BCUT2D eigenvalue weighted by Gasteiger charge is 2.38. The summed E-state index contributed by atoms with van der Waals surface area (Å²) in [6.45, 7) is 10.6. The lowest BCUT2D eigenvalue weighted by Crippen LogP contribution is -2.60. The number of aromatic amines is 2. The van der Waals surface area contributed by atoms with Crippen LogP contribution in [-0.4, -0.2) is 238 Å². The molecule has 1 fully saturated rings. The number of anilines is 1. The summed E-state index contributed by atoms with van der Waals surface area (Å²) in [6, 6.07) is 5.54. The molecule has 720 valence electrons. The van der Waals surface area contributed by atoms with Gasteiger partial charge >= 0.3 is 0 Å². The van der Waals surface area contributed by atoms with Gasteiger partial charge in [-0.25, -0.2) is 4.98 Å². The molecule has 0 saturated carbocycles. The highest BCUT2D eigenvalue weighted by atomic mass is 32.2. The fourth-order valence-electron chi connectivity index (χ4n) is 14.7. The number of hydrogen-bond acceptors (Lipinski definition) is 22. The number of thioether (sulfide) groups is 1. The number of rotatable bonds is 56. The quantitative estimate of drug-likeness (QED) is 0.0140. The maximum Gasteiger partial charge on any atom is 0.243 e. The van der Waals surface area contributed by atoms with E-state index < -0.39 is 211 Å². The van der Waals surface area contributed by atoms with E-state index in [1.807, 2.05) is 70.3 Å². The highest BCUT2D eigenvalue weighted by Crippen LogP contribution is 2.27. The van der Waals surface area contributed by atoms with Crippen molar-refractivity contribution in [3.8, 4) is 11.8 Å². The summed E-state index contributed by atoms with van der Waals surface area (Å²) in [5.74, 6) is -9.41. The van der Waals surface area contributed by atoms with Gasteiger partial charge in [0.25, 0.3) is 0 Å². The molecule has 25 N–H and O–H groups in total. The number of nitrogens with one attached hydrogen (secondary N) is 17. The van der Waals surface area contributed by atoms with Gasteiger partial charge in [-0.15, -0.1) is 0 Å². The number of carbonyl (C=O) groups is 19. The molecule has 2 aliphatic rings. The Morgan fingerprint density at radius 1 is 0.519 bits per heavy atom. The van der Waals surface area contributed by atoms with Gasteiger partial charge in [-0.05, 0) is 130 Å². The van der Waals surface area contributed by atoms with Crippen LogP contribution >= 0.6 is 11.8 Å². The number of para-hydroxylation sites is 2. The Hall–Kier alpha value is -13.8. The van der Waals surface area contributed by atoms with Crippen LogP contribution in [0.5, 0.6) is 0 Å². The van der Waals surface area contributed by atoms with Crippen LogP contribution in [0.4, 0.5) is 5.69 Å². The molecule has 2 aliphatic heterocycles. The summed E-state index contributed by atoms with van der Waals surface area (Å²) in [5, 5.41) is 40.0. The number of H-pyrrole nitrogens is 2. The van der Waals surface area contributed by atoms with E-state index in [4.69, 9.17) is 22.9 Å². The van der Waals surface area contributed by atoms with Gasteiger partial charge in [0.15, 0.2) is 0 Å². The maximum absolute atomic E-state index is 14.7. The summed E-state index contributed by atoms with van der Waals surface area (Å²) in [4.78, 5) is 270. The zero-order valence-corrected chi connectivity index (χ0v) is 76.8. The monoisotopic (exact) mass is 1860 g/mol. The zero-order valence-electron chi connectivity index (χ0n) is 76.0. The molecule has 42 nitrogen and oxygen atoms in total.